The van der Waals surface area contributed by atoms with Crippen molar-refractivity contribution in [3.8, 4) is 0 Å². The molecule has 135 heavy (non-hydrogen) atoms. The van der Waals surface area contributed by atoms with Crippen molar-refractivity contribution in [2.24, 2.45) is 0 Å². The molecule has 5 aliphatic rings. The lowest BCUT2D eigenvalue weighted by atomic mass is 10.1. The Balaban J connectivity index is 0.000000162. The molecule has 20 N–H and O–H groups in total. The van der Waals surface area contributed by atoms with E-state index in [1.54, 1.807) is 119 Å². The monoisotopic (exact) mass is 2060 g/mol. The average Bonchev–Trinajstić information content (AvgIpc) is 1.62. The van der Waals surface area contributed by atoms with Crippen LogP contribution in [0.15, 0.2) is 87.1 Å². The third-order valence-electron chi connectivity index (χ3n) is 23.5. The first-order chi connectivity index (χ1) is 63.6. The van der Waals surface area contributed by atoms with Gasteiger partial charge in [0.15, 0.2) is 85.2 Å². The SMILES string of the molecule is C=P(C)(C)CC[C@H]1O[C@@H](n2c(SC)nc3c(N)ccnc32)[C@H](O)[C@@H]1O.C=P(C)(C)CC[C@H]1O[C@@H](n2c(SCC)nc3c(N)ccnc32)[C@H](O)[C@@H]1O.C=P(C)(C)CC[C@H]1O[C@@H](n2c(SCCC)nc3c(N)ccnc32)[C@H](O)[C@@H]1O.C=P(C)(C)CC[C@H]1O[C@@H](n2c(SCCCC)nc3c(N)ccnc32)[C@H](O)[C@@H]1O.C=P(C)(C)CC[C@H]1O[C@@H](n2c(SCCCCC)nc3c(N)ccnc32)[C@H](O)[C@@H]1O. The van der Waals surface area contributed by atoms with Crippen molar-refractivity contribution < 1.29 is 74.7 Å². The molecular formula is C90H145N20O15P5S5. The Morgan fingerprint density at radius 3 is 0.733 bits per heavy atom. The number of ether oxygens (including phenoxy) is 5. The van der Waals surface area contributed by atoms with Crippen molar-refractivity contribution >= 4 is 209 Å². The lowest BCUT2D eigenvalue weighted by molar-refractivity contribution is -0.0400. The van der Waals surface area contributed by atoms with Crippen molar-refractivity contribution in [2.75, 3.05) is 155 Å². The average molecular weight is 2060 g/mol. The molecule has 0 saturated carbocycles. The summed E-state index contributed by atoms with van der Waals surface area (Å²) in [5.74, 6) is 3.48. The molecule has 0 amide bonds. The summed E-state index contributed by atoms with van der Waals surface area (Å²) < 4.78 is 39.4. The first-order valence-electron chi connectivity index (χ1n) is 45.8. The van der Waals surface area contributed by atoms with Gasteiger partial charge in [0.05, 0.1) is 59.0 Å². The Labute approximate surface area is 814 Å². The molecule has 0 unspecified atom stereocenters. The molecule has 750 valence electrons. The zero-order chi connectivity index (χ0) is 98.8. The van der Waals surface area contributed by atoms with E-state index in [1.807, 2.05) is 13.2 Å². The number of thioether (sulfide) groups is 5. The fourth-order valence-electron chi connectivity index (χ4n) is 16.1. The highest BCUT2D eigenvalue weighted by Gasteiger charge is 2.51. The minimum atomic E-state index is -1.25. The second kappa shape index (κ2) is 47.8. The minimum absolute atomic E-state index is 0.436. The van der Waals surface area contributed by atoms with Gasteiger partial charge in [-0.25, -0.2) is 49.8 Å². The molecule has 0 bridgehead atoms. The van der Waals surface area contributed by atoms with Gasteiger partial charge in [0, 0.05) is 48.2 Å². The Kier molecular flexibility index (Phi) is 39.0. The summed E-state index contributed by atoms with van der Waals surface area (Å²) in [7, 11) is 0. The van der Waals surface area contributed by atoms with Crippen LogP contribution in [-0.4, -0.2) is 374 Å². The summed E-state index contributed by atoms with van der Waals surface area (Å²) in [6, 6.07) is 8.52. The maximum absolute atomic E-state index is 10.8. The molecule has 0 aliphatic carbocycles. The number of unbranched alkanes of at least 4 members (excludes halogenated alkanes) is 3. The van der Waals surface area contributed by atoms with Crippen LogP contribution in [0.4, 0.5) is 28.4 Å². The maximum atomic E-state index is 10.8. The predicted molar refractivity (Wildman–Crippen MR) is 571 cm³/mol. The molecule has 5 saturated heterocycles. The Morgan fingerprint density at radius 1 is 0.304 bits per heavy atom. The standard InChI is InChI=1S/C20H33N4O3PS.C19H31N4O3PS.C18H29N4O3PS.C17H27N4O3PS.C16H25N4O3PS/c1-5-6-7-12-29-20-23-15-13(21)8-10-22-18(15)24(20)19-17(26)16(25)14(27-19)9-11-28(2,3)4;1-5-6-11-28-19-22-14-12(20)7-9-21-17(14)23(19)18-16(25)15(24)13(26-18)8-10-27(2,3)4;1-5-10-27-18-21-13-11(19)6-8-20-16(13)22(18)17-15(24)14(23)12(25-17)7-9-26(2,3)4;1-5-26-17-20-12-10(18)6-8-19-15(12)21(17)16-14(23)13(22)11(24-16)7-9-25(2,3)4;1-24(2,3)8-6-10-12(21)13(22)15(23-10)20-14-11(19-16(20)25-4)9(17)5-7-18-14/h8,10,14,16-17,19,25-26H,2,5-7,9,11-12H2,1,3-4H3,(H2,21,22);7,9,13,15-16,18,24-25H,2,5-6,8,10-11H2,1,3-4H3,(H2,20,21);6,8,12,14-15,17,23-24H,2,5,7,9-10H2,1,3-4H3,(H2,19,20);6,8,11,13-14,16,22-23H,2,5,7,9H2,1,3-4H3,(H2,18,19);5,7,10,12-13,15,21-22H,1,6,8H2,2-4H3,(H2,17,18)/t14-,16-,17-,19-;13-,15-,16-,18-;12-,14-,15-,17-;11-,13-,14-,16-;10-,12-,13-,15-/m11111/s1. The molecule has 10 aromatic rings. The Morgan fingerprint density at radius 2 is 0.519 bits per heavy atom. The van der Waals surface area contributed by atoms with Crippen LogP contribution in [0.1, 0.15) is 129 Å². The molecule has 20 atom stereocenters. The van der Waals surface area contributed by atoms with E-state index in [0.717, 1.165) is 92.3 Å². The highest BCUT2D eigenvalue weighted by atomic mass is 32.2. The van der Waals surface area contributed by atoms with Gasteiger partial charge in [0.1, 0.15) is 88.6 Å². The first kappa shape index (κ1) is 110. The zero-order valence-electron chi connectivity index (χ0n) is 80.4. The zero-order valence-corrected chi connectivity index (χ0v) is 88.9. The van der Waals surface area contributed by atoms with Crippen LogP contribution in [0.5, 0.6) is 0 Å². The predicted octanol–water partition coefficient (Wildman–Crippen LogP) is 11.2. The molecule has 35 nitrogen and oxygen atoms in total. The summed E-state index contributed by atoms with van der Waals surface area (Å²) in [6.45, 7) is 23.7. The van der Waals surface area contributed by atoms with Gasteiger partial charge in [0.25, 0.3) is 0 Å². The molecule has 5 aliphatic heterocycles. The van der Waals surface area contributed by atoms with E-state index in [-0.39, 0.29) is 0 Å². The van der Waals surface area contributed by atoms with Crippen LogP contribution < -0.4 is 28.7 Å². The van der Waals surface area contributed by atoms with E-state index in [0.29, 0.717) is 142 Å². The number of anilines is 5. The highest BCUT2D eigenvalue weighted by Crippen LogP contribution is 2.49. The van der Waals surface area contributed by atoms with Crippen LogP contribution in [-0.2, 0) is 23.7 Å². The summed E-state index contributed by atoms with van der Waals surface area (Å²) in [5, 5.41) is 110. The Hall–Kier alpha value is -5.25. The normalized spacial score (nSPS) is 26.1. The van der Waals surface area contributed by atoms with Crippen LogP contribution in [0.25, 0.3) is 55.8 Å². The van der Waals surface area contributed by atoms with Gasteiger partial charge in [0.2, 0.25) is 0 Å². The number of fused-ring (bicyclic) bond motifs is 5. The number of pyridine rings is 5. The fourth-order valence-corrected chi connectivity index (χ4v) is 25.1. The smallest absolute Gasteiger partial charge is 0.172 e. The van der Waals surface area contributed by atoms with Gasteiger partial charge in [-0.2, -0.15) is 0 Å². The quantitative estimate of drug-likeness (QED) is 0.00996. The van der Waals surface area contributed by atoms with Gasteiger partial charge in [-0.05, 0) is 191 Å². The van der Waals surface area contributed by atoms with Crippen LogP contribution in [0.2, 0.25) is 0 Å². The molecule has 15 rings (SSSR count). The largest absolute Gasteiger partial charge is 0.397 e. The second-order valence-corrected chi connectivity index (χ2v) is 65.2. The van der Waals surface area contributed by atoms with Crippen molar-refractivity contribution in [3.63, 3.8) is 0 Å². The number of imidazole rings is 5. The fraction of sp³-hybridized carbons (Fsp3) is 0.611. The molecule has 10 aromatic heterocycles. The van der Waals surface area contributed by atoms with Crippen LogP contribution >= 0.6 is 93.2 Å². The van der Waals surface area contributed by atoms with Gasteiger partial charge in [-0.1, -0.05) is 106 Å². The van der Waals surface area contributed by atoms with E-state index in [4.69, 9.17) is 52.4 Å². The van der Waals surface area contributed by atoms with E-state index in [1.165, 1.54) is 23.5 Å². The number of aromatic nitrogens is 15. The van der Waals surface area contributed by atoms with Gasteiger partial charge in [-0.15, -0.1) is 65.9 Å². The number of aliphatic hydroxyl groups is 10. The lowest BCUT2D eigenvalue weighted by Gasteiger charge is -2.20. The number of nitrogens with zero attached hydrogens (tertiary/aromatic N) is 15. The van der Waals surface area contributed by atoms with E-state index in [9.17, 15) is 51.1 Å². The summed E-state index contributed by atoms with van der Waals surface area (Å²) in [5.41, 5.74) is 38.7. The number of nitrogens with two attached hydrogens (primary N) is 5. The van der Waals surface area contributed by atoms with E-state index in [2.05, 4.69) is 169 Å². The Bertz CT molecular complexity index is 5890. The van der Waals surface area contributed by atoms with Gasteiger partial charge >= 0.3 is 0 Å². The summed E-state index contributed by atoms with van der Waals surface area (Å²) >= 11 is 7.72. The van der Waals surface area contributed by atoms with Crippen LogP contribution in [0, 0.1) is 0 Å². The second-order valence-electron chi connectivity index (χ2n) is 38.4. The third kappa shape index (κ3) is 27.4. The summed E-state index contributed by atoms with van der Waals surface area (Å²) in [4.78, 5) is 45.1. The third-order valence-corrected chi connectivity index (χ3v) is 35.6. The van der Waals surface area contributed by atoms with Gasteiger partial charge in [-0.3, -0.25) is 22.8 Å². The number of aliphatic hydroxyl groups excluding tert-OH is 10. The molecule has 15 heterocycles. The maximum Gasteiger partial charge on any atom is 0.172 e. The van der Waals surface area contributed by atoms with Crippen molar-refractivity contribution in [2.45, 2.75) is 247 Å². The topological polar surface area (TPSA) is 532 Å². The van der Waals surface area contributed by atoms with Crippen LogP contribution in [0.3, 0.4) is 0 Å². The molecule has 0 radical (unpaired) electrons. The van der Waals surface area contributed by atoms with E-state index < -0.39 is 157 Å². The minimum Gasteiger partial charge on any atom is -0.397 e. The molecule has 0 spiro atoms. The first-order valence-corrected chi connectivity index (χ1v) is 66.2. The number of rotatable bonds is 35. The molecule has 5 fully saturated rings. The number of hydrogen-bond donors (Lipinski definition) is 15. The molecule has 0 aromatic carbocycles. The highest BCUT2D eigenvalue weighted by molar-refractivity contribution is 8.00. The van der Waals surface area contributed by atoms with Crippen molar-refractivity contribution in [1.29, 1.82) is 0 Å². The van der Waals surface area contributed by atoms with Crippen molar-refractivity contribution in [3.05, 3.63) is 61.3 Å². The number of nitrogen functional groups attached to an aromatic ring is 5. The summed E-state index contributed by atoms with van der Waals surface area (Å²) in [6.07, 6.45) is 29.4. The molecular weight excluding hydrogens is 1920 g/mol. The van der Waals surface area contributed by atoms with E-state index >= 15 is 0 Å². The number of hydrogen-bond acceptors (Lipinski definition) is 35. The lowest BCUT2D eigenvalue weighted by Crippen LogP contribution is -2.32. The molecule has 45 heteroatoms. The van der Waals surface area contributed by atoms with Crippen molar-refractivity contribution in [1.82, 2.24) is 72.7 Å². The van der Waals surface area contributed by atoms with Gasteiger partial charge < -0.3 is 103 Å².